The minimum absolute atomic E-state index is 0.198. The lowest BCUT2D eigenvalue weighted by Crippen LogP contribution is -2.39. The van der Waals surface area contributed by atoms with Crippen molar-refractivity contribution < 1.29 is 4.74 Å². The quantitative estimate of drug-likeness (QED) is 0.856. The number of rotatable bonds is 1. The van der Waals surface area contributed by atoms with Gasteiger partial charge >= 0.3 is 0 Å². The molecule has 0 amide bonds. The third-order valence-electron chi connectivity index (χ3n) is 2.72. The molecular formula is C11H16BrNOS. The van der Waals surface area contributed by atoms with Gasteiger partial charge in [0.25, 0.3) is 0 Å². The summed E-state index contributed by atoms with van der Waals surface area (Å²) < 4.78 is 7.04. The van der Waals surface area contributed by atoms with Crippen LogP contribution < -0.4 is 5.32 Å². The molecule has 1 fully saturated rings. The Morgan fingerprint density at radius 2 is 2.33 bits per heavy atom. The monoisotopic (exact) mass is 289 g/mol. The Kier molecular flexibility index (Phi) is 3.50. The van der Waals surface area contributed by atoms with Crippen molar-refractivity contribution in [3.8, 4) is 0 Å². The van der Waals surface area contributed by atoms with Gasteiger partial charge in [-0.05, 0) is 48.3 Å². The maximum absolute atomic E-state index is 5.87. The third-order valence-corrected chi connectivity index (χ3v) is 4.44. The average molecular weight is 290 g/mol. The van der Waals surface area contributed by atoms with Crippen molar-refractivity contribution in [2.75, 3.05) is 13.2 Å². The molecule has 1 N–H and O–H groups in total. The predicted molar refractivity (Wildman–Crippen MR) is 67.4 cm³/mol. The van der Waals surface area contributed by atoms with E-state index in [0.29, 0.717) is 0 Å². The SMILES string of the molecule is CC1(C)CCOC(c2ccc(Br)s2)CN1. The van der Waals surface area contributed by atoms with Crippen LogP contribution in [0.5, 0.6) is 0 Å². The molecule has 1 atom stereocenters. The first-order valence-corrected chi connectivity index (χ1v) is 6.80. The van der Waals surface area contributed by atoms with Crippen LogP contribution in [-0.4, -0.2) is 18.7 Å². The highest BCUT2D eigenvalue weighted by molar-refractivity contribution is 9.11. The minimum Gasteiger partial charge on any atom is -0.371 e. The first-order valence-electron chi connectivity index (χ1n) is 5.19. The Labute approximate surface area is 103 Å². The molecule has 4 heteroatoms. The van der Waals surface area contributed by atoms with Crippen molar-refractivity contribution in [3.63, 3.8) is 0 Å². The lowest BCUT2D eigenvalue weighted by molar-refractivity contribution is 0.0680. The van der Waals surface area contributed by atoms with Gasteiger partial charge in [0.1, 0.15) is 6.10 Å². The van der Waals surface area contributed by atoms with Crippen LogP contribution in [0.3, 0.4) is 0 Å². The van der Waals surface area contributed by atoms with Crippen molar-refractivity contribution in [1.82, 2.24) is 5.32 Å². The van der Waals surface area contributed by atoms with Crippen LogP contribution >= 0.6 is 27.3 Å². The topological polar surface area (TPSA) is 21.3 Å². The van der Waals surface area contributed by atoms with Gasteiger partial charge in [0.05, 0.1) is 3.79 Å². The lowest BCUT2D eigenvalue weighted by atomic mass is 10.0. The van der Waals surface area contributed by atoms with E-state index >= 15 is 0 Å². The van der Waals surface area contributed by atoms with Gasteiger partial charge in [-0.1, -0.05) is 0 Å². The van der Waals surface area contributed by atoms with Crippen molar-refractivity contribution in [2.24, 2.45) is 0 Å². The largest absolute Gasteiger partial charge is 0.371 e. The predicted octanol–water partition coefficient (Wildman–Crippen LogP) is 3.34. The van der Waals surface area contributed by atoms with Gasteiger partial charge in [0.2, 0.25) is 0 Å². The number of halogens is 1. The fourth-order valence-electron chi connectivity index (χ4n) is 1.66. The van der Waals surface area contributed by atoms with Crippen LogP contribution in [0, 0.1) is 0 Å². The summed E-state index contributed by atoms with van der Waals surface area (Å²) in [7, 11) is 0. The summed E-state index contributed by atoms with van der Waals surface area (Å²) in [6.07, 6.45) is 1.28. The molecular weight excluding hydrogens is 274 g/mol. The summed E-state index contributed by atoms with van der Waals surface area (Å²) in [5.41, 5.74) is 0.198. The number of nitrogens with one attached hydrogen (secondary N) is 1. The highest BCUT2D eigenvalue weighted by Crippen LogP contribution is 2.31. The Balaban J connectivity index is 2.05. The van der Waals surface area contributed by atoms with Gasteiger partial charge in [0, 0.05) is 23.6 Å². The molecule has 1 aromatic heterocycles. The van der Waals surface area contributed by atoms with Crippen LogP contribution in [0.25, 0.3) is 0 Å². The Morgan fingerprint density at radius 3 is 3.00 bits per heavy atom. The highest BCUT2D eigenvalue weighted by Gasteiger charge is 2.25. The molecule has 2 heterocycles. The molecule has 1 unspecified atom stereocenters. The molecule has 2 nitrogen and oxygen atoms in total. The van der Waals surface area contributed by atoms with Crippen molar-refractivity contribution in [1.29, 1.82) is 0 Å². The van der Waals surface area contributed by atoms with Crippen LogP contribution in [0.15, 0.2) is 15.9 Å². The minimum atomic E-state index is 0.198. The summed E-state index contributed by atoms with van der Waals surface area (Å²) in [6, 6.07) is 4.22. The van der Waals surface area contributed by atoms with Crippen molar-refractivity contribution in [3.05, 3.63) is 20.8 Å². The lowest BCUT2D eigenvalue weighted by Gasteiger charge is -2.23. The number of hydrogen-bond acceptors (Lipinski definition) is 3. The first kappa shape index (κ1) is 11.6. The Bertz CT molecular complexity index is 337. The summed E-state index contributed by atoms with van der Waals surface area (Å²) in [5, 5.41) is 3.55. The van der Waals surface area contributed by atoms with Gasteiger partial charge in [-0.15, -0.1) is 11.3 Å². The fourth-order valence-corrected chi connectivity index (χ4v) is 3.13. The molecule has 0 saturated carbocycles. The molecule has 0 spiro atoms. The van der Waals surface area contributed by atoms with Crippen LogP contribution in [0.2, 0.25) is 0 Å². The smallest absolute Gasteiger partial charge is 0.104 e. The molecule has 2 rings (SSSR count). The molecule has 1 aromatic rings. The summed E-state index contributed by atoms with van der Waals surface area (Å²) in [4.78, 5) is 1.30. The zero-order chi connectivity index (χ0) is 10.9. The number of thiophene rings is 1. The van der Waals surface area contributed by atoms with E-state index in [1.807, 2.05) is 0 Å². The van der Waals surface area contributed by atoms with Crippen LogP contribution in [-0.2, 0) is 4.74 Å². The molecule has 0 aliphatic carbocycles. The van der Waals surface area contributed by atoms with E-state index < -0.39 is 0 Å². The van der Waals surface area contributed by atoms with E-state index in [2.05, 4.69) is 47.2 Å². The molecule has 84 valence electrons. The Morgan fingerprint density at radius 1 is 1.53 bits per heavy atom. The molecule has 1 saturated heterocycles. The Hall–Kier alpha value is 0.1000. The molecule has 0 bridgehead atoms. The van der Waals surface area contributed by atoms with Gasteiger partial charge in [-0.2, -0.15) is 0 Å². The standard InChI is InChI=1S/C11H16BrNOS/c1-11(2)5-6-14-8(7-13-11)9-3-4-10(12)15-9/h3-4,8,13H,5-7H2,1-2H3. The summed E-state index contributed by atoms with van der Waals surface area (Å²) >= 11 is 5.24. The van der Waals surface area contributed by atoms with Gasteiger partial charge < -0.3 is 10.1 Å². The van der Waals surface area contributed by atoms with E-state index in [1.54, 1.807) is 11.3 Å². The average Bonchev–Trinajstić information content (AvgIpc) is 2.49. The second-order valence-corrected chi connectivity index (χ2v) is 7.01. The van der Waals surface area contributed by atoms with E-state index in [-0.39, 0.29) is 11.6 Å². The highest BCUT2D eigenvalue weighted by atomic mass is 79.9. The third kappa shape index (κ3) is 3.03. The van der Waals surface area contributed by atoms with E-state index in [1.165, 1.54) is 8.66 Å². The van der Waals surface area contributed by atoms with Crippen LogP contribution in [0.1, 0.15) is 31.2 Å². The normalized spacial score (nSPS) is 26.2. The maximum Gasteiger partial charge on any atom is 0.104 e. The van der Waals surface area contributed by atoms with E-state index in [4.69, 9.17) is 4.74 Å². The van der Waals surface area contributed by atoms with Crippen molar-refractivity contribution >= 4 is 27.3 Å². The zero-order valence-corrected chi connectivity index (χ0v) is 11.5. The molecule has 15 heavy (non-hydrogen) atoms. The van der Waals surface area contributed by atoms with Crippen LogP contribution in [0.4, 0.5) is 0 Å². The summed E-state index contributed by atoms with van der Waals surface area (Å²) in [5.74, 6) is 0. The van der Waals surface area contributed by atoms with Gasteiger partial charge in [-0.3, -0.25) is 0 Å². The molecule has 1 aliphatic heterocycles. The maximum atomic E-state index is 5.87. The van der Waals surface area contributed by atoms with E-state index in [9.17, 15) is 0 Å². The van der Waals surface area contributed by atoms with Gasteiger partial charge in [0.15, 0.2) is 0 Å². The molecule has 1 aliphatic rings. The second-order valence-electron chi connectivity index (χ2n) is 4.52. The fraction of sp³-hybridized carbons (Fsp3) is 0.636. The first-order chi connectivity index (χ1) is 7.07. The summed E-state index contributed by atoms with van der Waals surface area (Å²) in [6.45, 7) is 6.19. The molecule has 0 aromatic carbocycles. The van der Waals surface area contributed by atoms with Crippen molar-refractivity contribution in [2.45, 2.75) is 31.9 Å². The number of ether oxygens (including phenoxy) is 1. The zero-order valence-electron chi connectivity index (χ0n) is 9.05. The van der Waals surface area contributed by atoms with Gasteiger partial charge in [-0.25, -0.2) is 0 Å². The number of hydrogen-bond donors (Lipinski definition) is 1. The molecule has 0 radical (unpaired) electrons. The second kappa shape index (κ2) is 4.53. The van der Waals surface area contributed by atoms with E-state index in [0.717, 1.165) is 19.6 Å².